The van der Waals surface area contributed by atoms with E-state index in [4.69, 9.17) is 10.9 Å². The number of rotatable bonds is 3. The van der Waals surface area contributed by atoms with Gasteiger partial charge >= 0.3 is 0 Å². The first-order valence-electron chi connectivity index (χ1n) is 8.93. The van der Waals surface area contributed by atoms with Gasteiger partial charge in [0, 0.05) is 13.0 Å². The summed E-state index contributed by atoms with van der Waals surface area (Å²) in [5.74, 6) is 0.529. The van der Waals surface area contributed by atoms with E-state index < -0.39 is 30.1 Å². The zero-order valence-electron chi connectivity index (χ0n) is 16.4. The number of primary sulfonamides is 1. The largest absolute Gasteiger partial charge is 0.398 e. The molecule has 4 rings (SSSR count). The highest BCUT2D eigenvalue weighted by Crippen LogP contribution is 2.36. The minimum absolute atomic E-state index is 0.0278. The van der Waals surface area contributed by atoms with Crippen molar-refractivity contribution >= 4 is 47.3 Å². The summed E-state index contributed by atoms with van der Waals surface area (Å²) >= 11 is 0. The van der Waals surface area contributed by atoms with Crippen molar-refractivity contribution in [2.24, 2.45) is 9.54 Å². The number of para-hydroxylation sites is 1. The van der Waals surface area contributed by atoms with Crippen LogP contribution < -0.4 is 20.5 Å². The smallest absolute Gasteiger partial charge is 0.286 e. The summed E-state index contributed by atoms with van der Waals surface area (Å²) in [6, 6.07) is 10.2. The number of hydrogen-bond donors (Lipinski definition) is 3. The number of fused-ring (bicyclic) bond motifs is 3. The second-order valence-electron chi connectivity index (χ2n) is 6.66. The molecule has 0 unspecified atom stereocenters. The molecule has 1 fully saturated rings. The molecule has 31 heavy (non-hydrogen) atoms. The van der Waals surface area contributed by atoms with Gasteiger partial charge in [-0.25, -0.2) is 26.7 Å². The fourth-order valence-electron chi connectivity index (χ4n) is 3.15. The Morgan fingerprint density at radius 3 is 2.35 bits per heavy atom. The predicted molar refractivity (Wildman–Crippen MR) is 116 cm³/mol. The fourth-order valence-corrected chi connectivity index (χ4v) is 5.93. The van der Waals surface area contributed by atoms with Crippen LogP contribution in [0, 0.1) is 0 Å². The van der Waals surface area contributed by atoms with E-state index in [-0.39, 0.29) is 20.4 Å². The van der Waals surface area contributed by atoms with Crippen molar-refractivity contribution in [3.8, 4) is 0 Å². The van der Waals surface area contributed by atoms with E-state index in [1.165, 1.54) is 31.3 Å². The molecule has 5 N–H and O–H groups in total. The topological polar surface area (TPSA) is 182 Å². The van der Waals surface area contributed by atoms with Gasteiger partial charge in [-0.3, -0.25) is 0 Å². The van der Waals surface area contributed by atoms with Crippen LogP contribution in [0.15, 0.2) is 61.5 Å². The molecule has 0 aliphatic carbocycles. The van der Waals surface area contributed by atoms with Crippen LogP contribution in [0.1, 0.15) is 12.8 Å². The summed E-state index contributed by atoms with van der Waals surface area (Å²) in [6.07, 6.45) is 1.46. The van der Waals surface area contributed by atoms with E-state index in [1.54, 1.807) is 12.1 Å². The highest BCUT2D eigenvalue weighted by Gasteiger charge is 2.34. The van der Waals surface area contributed by atoms with Gasteiger partial charge < -0.3 is 10.6 Å². The van der Waals surface area contributed by atoms with Crippen LogP contribution in [0.3, 0.4) is 0 Å². The summed E-state index contributed by atoms with van der Waals surface area (Å²) in [4.78, 5) is 1.66. The zero-order valence-corrected chi connectivity index (χ0v) is 18.8. The van der Waals surface area contributed by atoms with Gasteiger partial charge in [-0.2, -0.15) is 8.42 Å². The van der Waals surface area contributed by atoms with Crippen LogP contribution in [-0.2, 0) is 30.1 Å². The summed E-state index contributed by atoms with van der Waals surface area (Å²) < 4.78 is 75.3. The maximum absolute atomic E-state index is 12.2. The molecule has 0 radical (unpaired) electrons. The minimum atomic E-state index is -3.83. The molecule has 168 valence electrons. The van der Waals surface area contributed by atoms with E-state index in [1.807, 2.05) is 4.90 Å². The van der Waals surface area contributed by atoms with Crippen molar-refractivity contribution in [2.75, 3.05) is 24.2 Å². The molecule has 0 atom stereocenters. The molecule has 0 amide bonds. The Hall–Kier alpha value is -2.52. The van der Waals surface area contributed by atoms with Crippen LogP contribution in [-0.4, -0.2) is 44.7 Å². The van der Waals surface area contributed by atoms with E-state index in [9.17, 15) is 25.3 Å². The number of nitrogens with one attached hydrogen (secondary N) is 1. The predicted octanol–water partition coefficient (Wildman–Crippen LogP) is 0.212. The maximum atomic E-state index is 12.2. The number of hydrogen-bond acceptors (Lipinski definition) is 8. The minimum Gasteiger partial charge on any atom is -0.398 e. The van der Waals surface area contributed by atoms with Gasteiger partial charge in [-0.05, 0) is 43.8 Å². The molecule has 0 spiro atoms. The molecule has 0 aromatic heterocycles. The second kappa shape index (κ2) is 8.20. The van der Waals surface area contributed by atoms with E-state index in [0.29, 0.717) is 24.5 Å². The first-order chi connectivity index (χ1) is 14.4. The van der Waals surface area contributed by atoms with Gasteiger partial charge in [0.25, 0.3) is 10.0 Å². The lowest BCUT2D eigenvalue weighted by Crippen LogP contribution is -2.30. The van der Waals surface area contributed by atoms with Crippen LogP contribution in [0.5, 0.6) is 0 Å². The monoisotopic (exact) mass is 487 g/mol. The van der Waals surface area contributed by atoms with Gasteiger partial charge in [0.05, 0.1) is 16.3 Å². The van der Waals surface area contributed by atoms with Gasteiger partial charge in [0.2, 0.25) is 20.0 Å². The van der Waals surface area contributed by atoms with E-state index >= 15 is 0 Å². The Kier molecular flexibility index (Phi) is 6.12. The van der Waals surface area contributed by atoms with Crippen LogP contribution in [0.4, 0.5) is 11.4 Å². The van der Waals surface area contributed by atoms with Crippen molar-refractivity contribution in [3.63, 3.8) is 0 Å². The molecule has 2 heterocycles. The van der Waals surface area contributed by atoms with Crippen molar-refractivity contribution in [1.82, 2.24) is 4.72 Å². The summed E-state index contributed by atoms with van der Waals surface area (Å²) in [5.41, 5.74) is 6.03. The Bertz CT molecular complexity index is 1370. The first kappa shape index (κ1) is 23.1. The van der Waals surface area contributed by atoms with Crippen LogP contribution in [0.2, 0.25) is 0 Å². The molecule has 1 saturated heterocycles. The van der Waals surface area contributed by atoms with E-state index in [2.05, 4.69) is 9.12 Å². The third-order valence-electron chi connectivity index (χ3n) is 4.62. The zero-order chi connectivity index (χ0) is 23.0. The van der Waals surface area contributed by atoms with Crippen LogP contribution in [0.25, 0.3) is 0 Å². The number of anilines is 2. The standard InChI is InChI=1S/C11H13N3O4S2.C6H8N2O2S/c1-12-19(15,16)8-4-5-9-10(7-8)20(17,18)13-11-3-2-6-14(9)11;7-5-3-1-2-4-6(5)11(8,9)10/h4-5,7,12H,2-3,6H2,1H3;1-4H,7H2,(H2,8,9,10). The van der Waals surface area contributed by atoms with Gasteiger partial charge in [0.15, 0.2) is 0 Å². The van der Waals surface area contributed by atoms with Crippen LogP contribution >= 0.6 is 0 Å². The molecule has 11 nitrogen and oxygen atoms in total. The molecule has 0 saturated carbocycles. The normalized spacial score (nSPS) is 17.1. The molecule has 2 aromatic rings. The molecule has 2 aromatic carbocycles. The fraction of sp³-hybridized carbons (Fsp3) is 0.235. The Balaban J connectivity index is 0.000000210. The van der Waals surface area contributed by atoms with Crippen molar-refractivity contribution in [1.29, 1.82) is 0 Å². The molecule has 2 aliphatic heterocycles. The number of benzene rings is 2. The van der Waals surface area contributed by atoms with Gasteiger partial charge in [-0.15, -0.1) is 4.40 Å². The van der Waals surface area contributed by atoms with Crippen molar-refractivity contribution in [2.45, 2.75) is 27.5 Å². The molecule has 0 bridgehead atoms. The van der Waals surface area contributed by atoms with Crippen molar-refractivity contribution < 1.29 is 25.3 Å². The summed E-state index contributed by atoms with van der Waals surface area (Å²) in [7, 11) is -9.90. The number of nitrogen functional groups attached to an aromatic ring is 1. The first-order valence-corrected chi connectivity index (χ1v) is 13.4. The SMILES string of the molecule is CNS(=O)(=O)c1ccc2c(c1)S(=O)(=O)N=C1CCCN12.Nc1ccccc1S(N)(=O)=O. The number of sulfonamides is 3. The third-order valence-corrected chi connectivity index (χ3v) is 8.35. The average molecular weight is 488 g/mol. The Labute approximate surface area is 180 Å². The Morgan fingerprint density at radius 1 is 1.10 bits per heavy atom. The number of nitrogens with two attached hydrogens (primary N) is 2. The summed E-state index contributed by atoms with van der Waals surface area (Å²) in [6.45, 7) is 0.694. The lowest BCUT2D eigenvalue weighted by atomic mass is 10.3. The van der Waals surface area contributed by atoms with E-state index in [0.717, 1.165) is 12.5 Å². The number of amidine groups is 1. The third kappa shape index (κ3) is 4.72. The molecular formula is C17H21N5O6S3. The quantitative estimate of drug-likeness (QED) is 0.513. The van der Waals surface area contributed by atoms with Gasteiger partial charge in [-0.1, -0.05) is 12.1 Å². The highest BCUT2D eigenvalue weighted by atomic mass is 32.2. The lowest BCUT2D eigenvalue weighted by Gasteiger charge is -2.25. The second-order valence-corrected chi connectivity index (χ2v) is 11.6. The Morgan fingerprint density at radius 2 is 1.77 bits per heavy atom. The average Bonchev–Trinajstić information content (AvgIpc) is 3.15. The maximum Gasteiger partial charge on any atom is 0.286 e. The van der Waals surface area contributed by atoms with Gasteiger partial charge in [0.1, 0.15) is 15.6 Å². The summed E-state index contributed by atoms with van der Waals surface area (Å²) in [5, 5.41) is 4.85. The van der Waals surface area contributed by atoms with Crippen molar-refractivity contribution in [3.05, 3.63) is 42.5 Å². The molecular weight excluding hydrogens is 466 g/mol. The lowest BCUT2D eigenvalue weighted by molar-refractivity contribution is 0.587. The number of nitrogens with zero attached hydrogens (tertiary/aromatic N) is 2. The highest BCUT2D eigenvalue weighted by molar-refractivity contribution is 7.91. The molecule has 14 heteroatoms. The molecule has 2 aliphatic rings.